The molecule has 0 bridgehead atoms. The summed E-state index contributed by atoms with van der Waals surface area (Å²) in [4.78, 5) is 28.0. The maximum Gasteiger partial charge on any atom is 0.265 e. The van der Waals surface area contributed by atoms with Gasteiger partial charge in [-0.2, -0.15) is 0 Å². The highest BCUT2D eigenvalue weighted by Gasteiger charge is 2.22. The van der Waals surface area contributed by atoms with E-state index in [2.05, 4.69) is 0 Å². The summed E-state index contributed by atoms with van der Waals surface area (Å²) in [6, 6.07) is 13.5. The first-order valence-electron chi connectivity index (χ1n) is 9.94. The zero-order valence-corrected chi connectivity index (χ0v) is 17.7. The molecule has 3 aromatic heterocycles. The molecule has 6 nitrogen and oxygen atoms in total. The molecular formula is C23H20ClN5O. The molecule has 3 heterocycles. The molecule has 7 heteroatoms. The molecule has 0 aliphatic carbocycles. The van der Waals surface area contributed by atoms with Crippen molar-refractivity contribution in [2.75, 3.05) is 0 Å². The summed E-state index contributed by atoms with van der Waals surface area (Å²) < 4.78 is 3.60. The number of rotatable bonds is 3. The number of halogens is 1. The standard InChI is InChI=1S/C23H20ClN5O/c1-4-11-28-14(3)25-21-19(23(28)30)20-22(27-18-8-6-5-7-17(18)26-20)29(21)15-10-9-13(2)16(24)12-15/h5-10,12H,4,11H2,1-3H3. The predicted octanol–water partition coefficient (Wildman–Crippen LogP) is 4.96. The van der Waals surface area contributed by atoms with E-state index in [-0.39, 0.29) is 5.56 Å². The lowest BCUT2D eigenvalue weighted by Gasteiger charge is -2.10. The van der Waals surface area contributed by atoms with Crippen LogP contribution >= 0.6 is 11.6 Å². The van der Waals surface area contributed by atoms with Crippen molar-refractivity contribution in [2.45, 2.75) is 33.7 Å². The Morgan fingerprint density at radius 3 is 2.40 bits per heavy atom. The van der Waals surface area contributed by atoms with Crippen molar-refractivity contribution in [3.05, 3.63) is 69.2 Å². The minimum Gasteiger partial charge on any atom is -0.296 e. The molecule has 0 unspecified atom stereocenters. The normalized spacial score (nSPS) is 11.7. The molecule has 150 valence electrons. The van der Waals surface area contributed by atoms with Crippen LogP contribution in [0.5, 0.6) is 0 Å². The van der Waals surface area contributed by atoms with E-state index in [4.69, 9.17) is 26.6 Å². The van der Waals surface area contributed by atoms with E-state index in [9.17, 15) is 4.79 Å². The quantitative estimate of drug-likeness (QED) is 0.416. The largest absolute Gasteiger partial charge is 0.296 e. The molecule has 30 heavy (non-hydrogen) atoms. The van der Waals surface area contributed by atoms with Gasteiger partial charge in [0.1, 0.15) is 16.7 Å². The van der Waals surface area contributed by atoms with Gasteiger partial charge < -0.3 is 0 Å². The van der Waals surface area contributed by atoms with Crippen LogP contribution in [-0.4, -0.2) is 24.1 Å². The van der Waals surface area contributed by atoms with Gasteiger partial charge in [-0.3, -0.25) is 13.9 Å². The number of para-hydroxylation sites is 2. The number of hydrogen-bond acceptors (Lipinski definition) is 4. The average Bonchev–Trinajstić information content (AvgIpc) is 3.04. The third-order valence-electron chi connectivity index (χ3n) is 5.41. The molecule has 0 aliphatic heterocycles. The molecule has 0 saturated carbocycles. The van der Waals surface area contributed by atoms with Gasteiger partial charge in [0.15, 0.2) is 11.3 Å². The monoisotopic (exact) mass is 417 g/mol. The number of aryl methyl sites for hydroxylation is 2. The van der Waals surface area contributed by atoms with Crippen LogP contribution in [0, 0.1) is 13.8 Å². The van der Waals surface area contributed by atoms with E-state index in [1.54, 1.807) is 4.57 Å². The average molecular weight is 418 g/mol. The fourth-order valence-corrected chi connectivity index (χ4v) is 4.06. The van der Waals surface area contributed by atoms with Gasteiger partial charge in [0.25, 0.3) is 5.56 Å². The van der Waals surface area contributed by atoms with Gasteiger partial charge in [-0.25, -0.2) is 15.0 Å². The third kappa shape index (κ3) is 2.71. The first kappa shape index (κ1) is 18.8. The minimum absolute atomic E-state index is 0.0918. The molecule has 0 aliphatic rings. The Balaban J connectivity index is 2.01. The summed E-state index contributed by atoms with van der Waals surface area (Å²) in [6.07, 6.45) is 0.842. The van der Waals surface area contributed by atoms with Crippen LogP contribution in [-0.2, 0) is 6.54 Å². The summed E-state index contributed by atoms with van der Waals surface area (Å²) in [7, 11) is 0. The van der Waals surface area contributed by atoms with Crippen LogP contribution in [0.15, 0.2) is 47.3 Å². The van der Waals surface area contributed by atoms with Crippen molar-refractivity contribution in [1.29, 1.82) is 0 Å². The summed E-state index contributed by atoms with van der Waals surface area (Å²) >= 11 is 6.42. The highest BCUT2D eigenvalue weighted by molar-refractivity contribution is 6.31. The Kier molecular flexibility index (Phi) is 4.33. The zero-order valence-electron chi connectivity index (χ0n) is 17.0. The SMILES string of the molecule is CCCn1c(C)nc2c(c1=O)c1nc3ccccc3nc1n2-c1ccc(C)c(Cl)c1. The van der Waals surface area contributed by atoms with E-state index in [0.29, 0.717) is 39.6 Å². The first-order chi connectivity index (χ1) is 14.5. The maximum atomic E-state index is 13.5. The fourth-order valence-electron chi connectivity index (χ4n) is 3.88. The Morgan fingerprint density at radius 1 is 0.967 bits per heavy atom. The first-order valence-corrected chi connectivity index (χ1v) is 10.3. The highest BCUT2D eigenvalue weighted by atomic mass is 35.5. The zero-order chi connectivity index (χ0) is 21.0. The highest BCUT2D eigenvalue weighted by Crippen LogP contribution is 2.30. The number of aromatic nitrogens is 5. The lowest BCUT2D eigenvalue weighted by molar-refractivity contribution is 0.624. The van der Waals surface area contributed by atoms with Crippen molar-refractivity contribution < 1.29 is 0 Å². The molecule has 5 aromatic rings. The van der Waals surface area contributed by atoms with Gasteiger partial charge in [-0.15, -0.1) is 0 Å². The van der Waals surface area contributed by atoms with Crippen LogP contribution in [0.2, 0.25) is 5.02 Å². The van der Waals surface area contributed by atoms with E-state index in [1.807, 2.05) is 67.8 Å². The van der Waals surface area contributed by atoms with Gasteiger partial charge in [0, 0.05) is 11.6 Å². The lowest BCUT2D eigenvalue weighted by Crippen LogP contribution is -2.24. The topological polar surface area (TPSA) is 65.6 Å². The maximum absolute atomic E-state index is 13.5. The molecule has 0 spiro atoms. The van der Waals surface area contributed by atoms with Gasteiger partial charge >= 0.3 is 0 Å². The summed E-state index contributed by atoms with van der Waals surface area (Å²) in [5, 5.41) is 1.13. The lowest BCUT2D eigenvalue weighted by atomic mass is 10.2. The Hall–Kier alpha value is -3.25. The van der Waals surface area contributed by atoms with Gasteiger partial charge in [0.05, 0.1) is 16.7 Å². The van der Waals surface area contributed by atoms with Crippen LogP contribution in [0.4, 0.5) is 0 Å². The molecular weight excluding hydrogens is 398 g/mol. The van der Waals surface area contributed by atoms with Gasteiger partial charge in [-0.05, 0) is 50.1 Å². The van der Waals surface area contributed by atoms with Crippen LogP contribution < -0.4 is 5.56 Å². The van der Waals surface area contributed by atoms with Crippen LogP contribution in [0.1, 0.15) is 24.7 Å². The van der Waals surface area contributed by atoms with Crippen molar-refractivity contribution in [1.82, 2.24) is 24.1 Å². The molecule has 0 amide bonds. The van der Waals surface area contributed by atoms with Crippen LogP contribution in [0.25, 0.3) is 38.9 Å². The van der Waals surface area contributed by atoms with E-state index < -0.39 is 0 Å². The molecule has 0 saturated heterocycles. The van der Waals surface area contributed by atoms with Crippen molar-refractivity contribution in [2.24, 2.45) is 0 Å². The van der Waals surface area contributed by atoms with E-state index in [0.717, 1.165) is 28.7 Å². The van der Waals surface area contributed by atoms with Crippen molar-refractivity contribution in [3.63, 3.8) is 0 Å². The molecule has 0 N–H and O–H groups in total. The molecule has 2 aromatic carbocycles. The number of hydrogen-bond donors (Lipinski definition) is 0. The smallest absolute Gasteiger partial charge is 0.265 e. The Morgan fingerprint density at radius 2 is 1.70 bits per heavy atom. The van der Waals surface area contributed by atoms with Crippen molar-refractivity contribution >= 4 is 44.8 Å². The van der Waals surface area contributed by atoms with E-state index >= 15 is 0 Å². The molecule has 5 rings (SSSR count). The van der Waals surface area contributed by atoms with Crippen LogP contribution in [0.3, 0.4) is 0 Å². The fraction of sp³-hybridized carbons (Fsp3) is 0.217. The van der Waals surface area contributed by atoms with Gasteiger partial charge in [0.2, 0.25) is 0 Å². The van der Waals surface area contributed by atoms with E-state index in [1.165, 1.54) is 0 Å². The summed E-state index contributed by atoms with van der Waals surface area (Å²) in [5.41, 5.74) is 4.90. The minimum atomic E-state index is -0.0918. The second kappa shape index (κ2) is 6.92. The molecule has 0 fully saturated rings. The molecule has 0 radical (unpaired) electrons. The molecule has 0 atom stereocenters. The van der Waals surface area contributed by atoms with Gasteiger partial charge in [-0.1, -0.05) is 36.7 Å². The summed E-state index contributed by atoms with van der Waals surface area (Å²) in [6.45, 7) is 6.47. The Labute approximate surface area is 177 Å². The number of fused-ring (bicyclic) bond motifs is 4. The summed E-state index contributed by atoms with van der Waals surface area (Å²) in [5.74, 6) is 0.668. The van der Waals surface area contributed by atoms with Crippen molar-refractivity contribution in [3.8, 4) is 5.69 Å². The second-order valence-corrected chi connectivity index (χ2v) is 7.88. The predicted molar refractivity (Wildman–Crippen MR) is 121 cm³/mol. The number of nitrogens with zero attached hydrogens (tertiary/aromatic N) is 5. The third-order valence-corrected chi connectivity index (χ3v) is 5.82. The Bertz CT molecular complexity index is 1520. The second-order valence-electron chi connectivity index (χ2n) is 7.47. The number of benzene rings is 2.